The average molecular weight is 363 g/mol. The first-order chi connectivity index (χ1) is 8.61. The summed E-state index contributed by atoms with van der Waals surface area (Å²) in [5.41, 5.74) is -0.636. The van der Waals surface area contributed by atoms with Crippen LogP contribution in [0.1, 0.15) is 0 Å². The molecule has 0 saturated carbocycles. The molecule has 0 saturated heterocycles. The minimum Gasteiger partial charge on any atom is -0.307 e. The minimum absolute atomic E-state index is 0. The fraction of sp³-hybridized carbons (Fsp3) is 0.0833. The normalized spacial score (nSPS) is 19.2. The smallest absolute Gasteiger partial charge is 0.307 e. The molecule has 0 aromatic heterocycles. The van der Waals surface area contributed by atoms with E-state index in [1.807, 2.05) is 20.4 Å². The Balaban J connectivity index is -0.000000142. The molecule has 0 aliphatic heterocycles. The van der Waals surface area contributed by atoms with E-state index in [0.29, 0.717) is 0 Å². The molecule has 0 atom stereocenters. The van der Waals surface area contributed by atoms with E-state index in [4.69, 9.17) is 14.4 Å². The van der Waals surface area contributed by atoms with Crippen molar-refractivity contribution in [2.75, 3.05) is 0 Å². The Kier molecular flexibility index (Phi) is 25.7. The molecule has 0 amide bonds. The molecule has 0 aromatic carbocycles. The Hall–Kier alpha value is -1.62. The summed E-state index contributed by atoms with van der Waals surface area (Å²) < 4.78 is 36.2. The van der Waals surface area contributed by atoms with Gasteiger partial charge >= 0.3 is 6.18 Å². The van der Waals surface area contributed by atoms with E-state index in [1.165, 1.54) is 12.2 Å². The number of carbonyl (C=O) groups is 3. The molecule has 3 nitrogen and oxygen atoms in total. The van der Waals surface area contributed by atoms with Crippen LogP contribution < -0.4 is 0 Å². The summed E-state index contributed by atoms with van der Waals surface area (Å²) in [6.45, 7) is 6.00. The Morgan fingerprint density at radius 2 is 1.11 bits per heavy atom. The second kappa shape index (κ2) is 18.7. The van der Waals surface area contributed by atoms with Gasteiger partial charge in [-0.05, 0) is 0 Å². The Morgan fingerprint density at radius 3 is 1.53 bits per heavy atom. The summed E-state index contributed by atoms with van der Waals surface area (Å²) in [7, 11) is 0. The Labute approximate surface area is 122 Å². The maximum Gasteiger partial charge on any atom is 0.416 e. The molecule has 19 heavy (non-hydrogen) atoms. The van der Waals surface area contributed by atoms with Crippen molar-refractivity contribution in [2.24, 2.45) is 0 Å². The number of halogens is 3. The van der Waals surface area contributed by atoms with E-state index in [0.717, 1.165) is 12.2 Å². The molecule has 0 aromatic rings. The van der Waals surface area contributed by atoms with Crippen molar-refractivity contribution in [1.29, 1.82) is 0 Å². The number of hydrogen-bond acceptors (Lipinski definition) is 3. The molecule has 0 radical (unpaired) electrons. The summed E-state index contributed by atoms with van der Waals surface area (Å²) in [6.07, 6.45) is 5.32. The van der Waals surface area contributed by atoms with Gasteiger partial charge in [0, 0.05) is 19.5 Å². The number of allylic oxidation sites excluding steroid dienone is 8. The molecular weight excluding hydrogens is 350 g/mol. The maximum absolute atomic E-state index is 12.1. The van der Waals surface area contributed by atoms with Crippen LogP contribution >= 0.6 is 0 Å². The second-order valence-electron chi connectivity index (χ2n) is 2.25. The first-order valence-corrected chi connectivity index (χ1v) is 4.26. The molecule has 0 N–H and O–H groups in total. The number of rotatable bonds is 0. The van der Waals surface area contributed by atoms with Gasteiger partial charge in [0.15, 0.2) is 0 Å². The summed E-state index contributed by atoms with van der Waals surface area (Å²) in [4.78, 5) is 24.0. The predicted octanol–water partition coefficient (Wildman–Crippen LogP) is 2.60. The van der Waals surface area contributed by atoms with Crippen LogP contribution in [-0.4, -0.2) is 26.5 Å². The third kappa shape index (κ3) is 16.4. The first kappa shape index (κ1) is 26.1. The van der Waals surface area contributed by atoms with Gasteiger partial charge in [0.25, 0.3) is 0 Å². The van der Waals surface area contributed by atoms with E-state index >= 15 is 0 Å². The Morgan fingerprint density at radius 1 is 0.737 bits per heavy atom. The quantitative estimate of drug-likeness (QED) is 0.622. The summed E-state index contributed by atoms with van der Waals surface area (Å²) in [6, 6.07) is 0. The second-order valence-corrected chi connectivity index (χ2v) is 2.25. The average Bonchev–Trinajstić information content (AvgIpc) is 2.34. The van der Waals surface area contributed by atoms with Crippen molar-refractivity contribution in [3.05, 3.63) is 48.1 Å². The van der Waals surface area contributed by atoms with Crippen molar-refractivity contribution < 1.29 is 47.0 Å². The van der Waals surface area contributed by atoms with E-state index < -0.39 is 11.7 Å². The van der Waals surface area contributed by atoms with Gasteiger partial charge in [-0.25, -0.2) is 0 Å². The van der Waals surface area contributed by atoms with Gasteiger partial charge in [-0.3, -0.25) is 0 Å². The van der Waals surface area contributed by atoms with Crippen LogP contribution in [0.15, 0.2) is 48.1 Å². The van der Waals surface area contributed by atoms with Crippen LogP contribution in [0.5, 0.6) is 0 Å². The molecule has 0 fully saturated rings. The zero-order chi connectivity index (χ0) is 15.0. The molecule has 0 unspecified atom stereocenters. The standard InChI is InChI=1S/C9H7F3.3CH2O.Ru/c10-9(11,12)8-6-4-2-1-3-5-7-8;3*1-2;/h1-7H;3*1H2;/b2-1-,3-1?,4-2?,5-3-,6-4-,7-5?,8-6?,8-7+;;;;. The molecule has 1 aliphatic carbocycles. The van der Waals surface area contributed by atoms with Gasteiger partial charge < -0.3 is 14.4 Å². The number of alkyl halides is 3. The monoisotopic (exact) mass is 364 g/mol. The van der Waals surface area contributed by atoms with E-state index in [-0.39, 0.29) is 19.5 Å². The SMILES string of the molecule is C=O.C=O.C=O.FC(F)(F)C1=C/C=C\C=C/C=C\1.[Ru]. The largest absolute Gasteiger partial charge is 0.416 e. The molecule has 108 valence electrons. The molecule has 0 bridgehead atoms. The van der Waals surface area contributed by atoms with Crippen molar-refractivity contribution in [2.45, 2.75) is 6.18 Å². The number of carbonyl (C=O) groups excluding carboxylic acids is 3. The maximum atomic E-state index is 12.1. The van der Waals surface area contributed by atoms with Gasteiger partial charge in [-0.2, -0.15) is 13.2 Å². The van der Waals surface area contributed by atoms with Crippen molar-refractivity contribution in [1.82, 2.24) is 0 Å². The molecule has 7 heteroatoms. The summed E-state index contributed by atoms with van der Waals surface area (Å²) >= 11 is 0. The predicted molar refractivity (Wildman–Crippen MR) is 62.9 cm³/mol. The third-order valence-electron chi connectivity index (χ3n) is 1.32. The van der Waals surface area contributed by atoms with Crippen LogP contribution in [0.25, 0.3) is 0 Å². The summed E-state index contributed by atoms with van der Waals surface area (Å²) in [5.74, 6) is 0. The van der Waals surface area contributed by atoms with Crippen LogP contribution in [0.2, 0.25) is 0 Å². The van der Waals surface area contributed by atoms with Crippen molar-refractivity contribution in [3.63, 3.8) is 0 Å². The molecule has 0 spiro atoms. The topological polar surface area (TPSA) is 51.2 Å². The number of hydrogen-bond donors (Lipinski definition) is 0. The van der Waals surface area contributed by atoms with E-state index in [1.54, 1.807) is 18.2 Å². The minimum atomic E-state index is -4.26. The van der Waals surface area contributed by atoms with Crippen molar-refractivity contribution in [3.8, 4) is 0 Å². The molecule has 1 aliphatic rings. The van der Waals surface area contributed by atoms with Crippen LogP contribution in [0.4, 0.5) is 13.2 Å². The van der Waals surface area contributed by atoms with Gasteiger partial charge in [0.05, 0.1) is 5.57 Å². The van der Waals surface area contributed by atoms with Gasteiger partial charge in [0.1, 0.15) is 20.4 Å². The van der Waals surface area contributed by atoms with E-state index in [9.17, 15) is 13.2 Å². The van der Waals surface area contributed by atoms with Gasteiger partial charge in [0.2, 0.25) is 0 Å². The van der Waals surface area contributed by atoms with Crippen molar-refractivity contribution >= 4 is 20.4 Å². The fourth-order valence-electron chi connectivity index (χ4n) is 0.755. The third-order valence-corrected chi connectivity index (χ3v) is 1.32. The molecule has 1 rings (SSSR count). The zero-order valence-electron chi connectivity index (χ0n) is 9.87. The fourth-order valence-corrected chi connectivity index (χ4v) is 0.755. The zero-order valence-corrected chi connectivity index (χ0v) is 11.6. The van der Waals surface area contributed by atoms with Gasteiger partial charge in [-0.1, -0.05) is 42.5 Å². The van der Waals surface area contributed by atoms with Crippen LogP contribution in [0.3, 0.4) is 0 Å². The summed E-state index contributed by atoms with van der Waals surface area (Å²) in [5, 5.41) is 0. The first-order valence-electron chi connectivity index (χ1n) is 4.26. The molecule has 0 heterocycles. The Bertz CT molecular complexity index is 316. The van der Waals surface area contributed by atoms with Crippen LogP contribution in [-0.2, 0) is 33.9 Å². The van der Waals surface area contributed by atoms with Crippen LogP contribution in [0, 0.1) is 0 Å². The van der Waals surface area contributed by atoms with Gasteiger partial charge in [-0.15, -0.1) is 0 Å². The molecular formula is C12H13F3O3Ru. The van der Waals surface area contributed by atoms with E-state index in [2.05, 4.69) is 0 Å².